The summed E-state index contributed by atoms with van der Waals surface area (Å²) < 4.78 is 5.55. The maximum absolute atomic E-state index is 11.7. The lowest BCUT2D eigenvalue weighted by molar-refractivity contribution is -0.131. The molecule has 1 aromatic heterocycles. The SMILES string of the molecule is CCN(C)C(=O)COc1cccc2cccnc12. The van der Waals surface area contributed by atoms with Gasteiger partial charge in [-0.15, -0.1) is 0 Å². The summed E-state index contributed by atoms with van der Waals surface area (Å²) in [4.78, 5) is 17.6. The number of hydrogen-bond donors (Lipinski definition) is 0. The number of rotatable bonds is 4. The molecule has 0 fully saturated rings. The van der Waals surface area contributed by atoms with E-state index in [0.29, 0.717) is 12.3 Å². The van der Waals surface area contributed by atoms with Crippen LogP contribution in [0.5, 0.6) is 5.75 Å². The van der Waals surface area contributed by atoms with Crippen LogP contribution in [0.3, 0.4) is 0 Å². The number of pyridine rings is 1. The maximum Gasteiger partial charge on any atom is 0.260 e. The topological polar surface area (TPSA) is 42.4 Å². The Morgan fingerprint density at radius 1 is 1.33 bits per heavy atom. The van der Waals surface area contributed by atoms with Gasteiger partial charge in [0.1, 0.15) is 11.3 Å². The highest BCUT2D eigenvalue weighted by molar-refractivity contribution is 5.85. The van der Waals surface area contributed by atoms with E-state index in [1.807, 2.05) is 37.3 Å². The van der Waals surface area contributed by atoms with Crippen LogP contribution in [0.4, 0.5) is 0 Å². The van der Waals surface area contributed by atoms with Crippen molar-refractivity contribution in [1.82, 2.24) is 9.88 Å². The van der Waals surface area contributed by atoms with E-state index in [4.69, 9.17) is 4.74 Å². The first-order chi connectivity index (χ1) is 8.72. The lowest BCUT2D eigenvalue weighted by Crippen LogP contribution is -2.31. The van der Waals surface area contributed by atoms with Crippen LogP contribution < -0.4 is 4.74 Å². The highest BCUT2D eigenvalue weighted by Gasteiger charge is 2.09. The van der Waals surface area contributed by atoms with Gasteiger partial charge >= 0.3 is 0 Å². The monoisotopic (exact) mass is 244 g/mol. The number of aromatic nitrogens is 1. The van der Waals surface area contributed by atoms with Crippen LogP contribution in [-0.2, 0) is 4.79 Å². The van der Waals surface area contributed by atoms with E-state index in [1.165, 1.54) is 0 Å². The second-order valence-electron chi connectivity index (χ2n) is 4.03. The molecular weight excluding hydrogens is 228 g/mol. The number of likely N-dealkylation sites (N-methyl/N-ethyl adjacent to an activating group) is 1. The van der Waals surface area contributed by atoms with Gasteiger partial charge in [-0.3, -0.25) is 9.78 Å². The average Bonchev–Trinajstić information content (AvgIpc) is 2.43. The molecule has 94 valence electrons. The standard InChI is InChI=1S/C14H16N2O2/c1-3-16(2)13(17)10-18-12-8-4-6-11-7-5-9-15-14(11)12/h4-9H,3,10H2,1-2H3. The van der Waals surface area contributed by atoms with Crippen molar-refractivity contribution in [1.29, 1.82) is 0 Å². The number of benzene rings is 1. The van der Waals surface area contributed by atoms with Gasteiger partial charge in [-0.05, 0) is 19.1 Å². The summed E-state index contributed by atoms with van der Waals surface area (Å²) in [5.74, 6) is 0.608. The molecule has 2 rings (SSSR count). The van der Waals surface area contributed by atoms with Crippen LogP contribution in [0.1, 0.15) is 6.92 Å². The molecule has 0 aliphatic heterocycles. The van der Waals surface area contributed by atoms with E-state index >= 15 is 0 Å². The van der Waals surface area contributed by atoms with Crippen LogP contribution in [0, 0.1) is 0 Å². The Labute approximate surface area is 106 Å². The Morgan fingerprint density at radius 2 is 2.11 bits per heavy atom. The average molecular weight is 244 g/mol. The zero-order chi connectivity index (χ0) is 13.0. The van der Waals surface area contributed by atoms with Gasteiger partial charge in [0, 0.05) is 25.2 Å². The largest absolute Gasteiger partial charge is 0.481 e. The molecule has 0 bridgehead atoms. The first-order valence-electron chi connectivity index (χ1n) is 5.93. The fourth-order valence-corrected chi connectivity index (χ4v) is 1.62. The van der Waals surface area contributed by atoms with Crippen molar-refractivity contribution in [2.24, 2.45) is 0 Å². The lowest BCUT2D eigenvalue weighted by Gasteiger charge is -2.15. The van der Waals surface area contributed by atoms with E-state index in [2.05, 4.69) is 4.98 Å². The zero-order valence-electron chi connectivity index (χ0n) is 10.6. The van der Waals surface area contributed by atoms with Gasteiger partial charge in [0.25, 0.3) is 5.91 Å². The molecule has 0 spiro atoms. The van der Waals surface area contributed by atoms with E-state index < -0.39 is 0 Å². The predicted octanol–water partition coefficient (Wildman–Crippen LogP) is 2.09. The molecule has 0 aliphatic rings. The third-order valence-corrected chi connectivity index (χ3v) is 2.85. The Morgan fingerprint density at radius 3 is 2.89 bits per heavy atom. The predicted molar refractivity (Wildman–Crippen MR) is 70.5 cm³/mol. The zero-order valence-corrected chi connectivity index (χ0v) is 10.6. The highest BCUT2D eigenvalue weighted by Crippen LogP contribution is 2.22. The maximum atomic E-state index is 11.7. The Bertz CT molecular complexity index is 549. The van der Waals surface area contributed by atoms with Crippen LogP contribution >= 0.6 is 0 Å². The molecule has 2 aromatic rings. The van der Waals surface area contributed by atoms with Gasteiger partial charge in [0.2, 0.25) is 0 Å². The third-order valence-electron chi connectivity index (χ3n) is 2.85. The number of hydrogen-bond acceptors (Lipinski definition) is 3. The number of nitrogens with zero attached hydrogens (tertiary/aromatic N) is 2. The summed E-state index contributed by atoms with van der Waals surface area (Å²) in [6, 6.07) is 9.54. The number of fused-ring (bicyclic) bond motifs is 1. The van der Waals surface area contributed by atoms with Crippen LogP contribution in [0.15, 0.2) is 36.5 Å². The van der Waals surface area contributed by atoms with E-state index in [1.54, 1.807) is 18.1 Å². The van der Waals surface area contributed by atoms with Gasteiger partial charge in [-0.25, -0.2) is 0 Å². The number of amides is 1. The fourth-order valence-electron chi connectivity index (χ4n) is 1.62. The number of ether oxygens (including phenoxy) is 1. The molecule has 1 amide bonds. The Hall–Kier alpha value is -2.10. The molecule has 0 N–H and O–H groups in total. The third kappa shape index (κ3) is 2.59. The van der Waals surface area contributed by atoms with E-state index in [-0.39, 0.29) is 12.5 Å². The smallest absolute Gasteiger partial charge is 0.260 e. The van der Waals surface area contributed by atoms with Gasteiger partial charge in [0.05, 0.1) is 0 Å². The molecule has 0 aliphatic carbocycles. The summed E-state index contributed by atoms with van der Waals surface area (Å²) in [5, 5.41) is 1.01. The number of para-hydroxylation sites is 1. The summed E-state index contributed by atoms with van der Waals surface area (Å²) in [6.45, 7) is 2.65. The second kappa shape index (κ2) is 5.49. The molecule has 1 aromatic carbocycles. The van der Waals surface area contributed by atoms with Crippen LogP contribution in [0.2, 0.25) is 0 Å². The molecule has 1 heterocycles. The summed E-state index contributed by atoms with van der Waals surface area (Å²) in [5.41, 5.74) is 0.784. The minimum Gasteiger partial charge on any atom is -0.481 e. The van der Waals surface area contributed by atoms with Crippen molar-refractivity contribution in [3.8, 4) is 5.75 Å². The lowest BCUT2D eigenvalue weighted by atomic mass is 10.2. The van der Waals surface area contributed by atoms with Crippen molar-refractivity contribution in [3.05, 3.63) is 36.5 Å². The quantitative estimate of drug-likeness (QED) is 0.827. The molecule has 0 unspecified atom stereocenters. The second-order valence-corrected chi connectivity index (χ2v) is 4.03. The normalized spacial score (nSPS) is 10.3. The highest BCUT2D eigenvalue weighted by atomic mass is 16.5. The minimum absolute atomic E-state index is 0.0366. The van der Waals surface area contributed by atoms with Crippen LogP contribution in [-0.4, -0.2) is 36.0 Å². The molecule has 0 saturated carbocycles. The first-order valence-corrected chi connectivity index (χ1v) is 5.93. The van der Waals surface area contributed by atoms with Gasteiger partial charge in [0.15, 0.2) is 6.61 Å². The molecule has 18 heavy (non-hydrogen) atoms. The van der Waals surface area contributed by atoms with E-state index in [0.717, 1.165) is 10.9 Å². The Kier molecular flexibility index (Phi) is 3.77. The molecule has 0 atom stereocenters. The number of carbonyl (C=O) groups excluding carboxylic acids is 1. The Balaban J connectivity index is 2.15. The van der Waals surface area contributed by atoms with E-state index in [9.17, 15) is 4.79 Å². The molecule has 0 radical (unpaired) electrons. The van der Waals surface area contributed by atoms with Crippen molar-refractivity contribution >= 4 is 16.8 Å². The van der Waals surface area contributed by atoms with Gasteiger partial charge < -0.3 is 9.64 Å². The molecule has 4 heteroatoms. The van der Waals surface area contributed by atoms with Gasteiger partial charge in [-0.1, -0.05) is 18.2 Å². The fraction of sp³-hybridized carbons (Fsp3) is 0.286. The summed E-state index contributed by atoms with van der Waals surface area (Å²) in [6.07, 6.45) is 1.72. The van der Waals surface area contributed by atoms with Crippen molar-refractivity contribution < 1.29 is 9.53 Å². The molecule has 4 nitrogen and oxygen atoms in total. The van der Waals surface area contributed by atoms with Crippen molar-refractivity contribution in [2.45, 2.75) is 6.92 Å². The van der Waals surface area contributed by atoms with Crippen molar-refractivity contribution in [3.63, 3.8) is 0 Å². The van der Waals surface area contributed by atoms with Gasteiger partial charge in [-0.2, -0.15) is 0 Å². The molecular formula is C14H16N2O2. The van der Waals surface area contributed by atoms with Crippen molar-refractivity contribution in [2.75, 3.05) is 20.2 Å². The first kappa shape index (κ1) is 12.4. The summed E-state index contributed by atoms with van der Waals surface area (Å²) >= 11 is 0. The van der Waals surface area contributed by atoms with Crippen LogP contribution in [0.25, 0.3) is 10.9 Å². The number of carbonyl (C=O) groups is 1. The molecule has 0 saturated heterocycles. The summed E-state index contributed by atoms with van der Waals surface area (Å²) in [7, 11) is 1.76. The minimum atomic E-state index is -0.0366.